The van der Waals surface area contributed by atoms with Crippen molar-refractivity contribution in [1.29, 1.82) is 0 Å². The summed E-state index contributed by atoms with van der Waals surface area (Å²) >= 11 is 14.6. The molecule has 0 aliphatic carbocycles. The van der Waals surface area contributed by atoms with Gasteiger partial charge in [-0.25, -0.2) is 0 Å². The van der Waals surface area contributed by atoms with Crippen LogP contribution < -0.4 is 15.4 Å². The van der Waals surface area contributed by atoms with Crippen molar-refractivity contribution in [3.05, 3.63) is 52.0 Å². The lowest BCUT2D eigenvalue weighted by Crippen LogP contribution is -2.19. The van der Waals surface area contributed by atoms with E-state index in [1.165, 1.54) is 0 Å². The van der Waals surface area contributed by atoms with Crippen molar-refractivity contribution < 1.29 is 4.74 Å². The smallest absolute Gasteiger partial charge is 0.175 e. The Hall–Kier alpha value is -1.30. The predicted molar refractivity (Wildman–Crippen MR) is 92.0 cm³/mol. The number of thiocarbonyl (C=S) groups is 1. The fraction of sp³-hybridized carbons (Fsp3) is 0.0714. The van der Waals surface area contributed by atoms with Gasteiger partial charge in [-0.05, 0) is 58.5 Å². The number of hydrogen-bond acceptors (Lipinski definition) is 2. The van der Waals surface area contributed by atoms with Crippen LogP contribution >= 0.6 is 39.7 Å². The van der Waals surface area contributed by atoms with Crippen LogP contribution in [0.25, 0.3) is 0 Å². The molecule has 0 fully saturated rings. The lowest BCUT2D eigenvalue weighted by atomic mass is 10.3. The fourth-order valence-corrected chi connectivity index (χ4v) is 2.23. The van der Waals surface area contributed by atoms with Gasteiger partial charge in [0.15, 0.2) is 5.11 Å². The molecule has 0 radical (unpaired) electrons. The zero-order valence-corrected chi connectivity index (χ0v) is 13.8. The minimum absolute atomic E-state index is 0.483. The van der Waals surface area contributed by atoms with Gasteiger partial charge in [-0.15, -0.1) is 0 Å². The van der Waals surface area contributed by atoms with E-state index in [1.54, 1.807) is 13.2 Å². The Morgan fingerprint density at radius 2 is 1.85 bits per heavy atom. The Kier molecular flexibility index (Phi) is 5.23. The summed E-state index contributed by atoms with van der Waals surface area (Å²) in [5.41, 5.74) is 1.67. The summed E-state index contributed by atoms with van der Waals surface area (Å²) in [6.07, 6.45) is 0. The number of nitrogens with one attached hydrogen (secondary N) is 2. The molecule has 0 bridgehead atoms. The Morgan fingerprint density at radius 1 is 1.15 bits per heavy atom. The molecule has 0 aliphatic rings. The van der Waals surface area contributed by atoms with E-state index in [4.69, 9.17) is 28.6 Å². The van der Waals surface area contributed by atoms with Crippen LogP contribution in [0, 0.1) is 0 Å². The first-order valence-electron chi connectivity index (χ1n) is 5.75. The summed E-state index contributed by atoms with van der Waals surface area (Å²) in [7, 11) is 1.62. The van der Waals surface area contributed by atoms with Gasteiger partial charge >= 0.3 is 0 Å². The van der Waals surface area contributed by atoms with Crippen molar-refractivity contribution >= 4 is 56.2 Å². The fourth-order valence-electron chi connectivity index (χ4n) is 1.57. The largest absolute Gasteiger partial charge is 0.497 e. The molecule has 3 nitrogen and oxygen atoms in total. The number of benzene rings is 2. The molecule has 0 aromatic heterocycles. The summed E-state index contributed by atoms with van der Waals surface area (Å²) in [6, 6.07) is 13.1. The first-order valence-corrected chi connectivity index (χ1v) is 7.33. The quantitative estimate of drug-likeness (QED) is 0.750. The molecule has 0 unspecified atom stereocenters. The van der Waals surface area contributed by atoms with E-state index in [1.807, 2.05) is 36.4 Å². The maximum absolute atomic E-state index is 6.03. The van der Waals surface area contributed by atoms with Gasteiger partial charge < -0.3 is 15.4 Å². The molecule has 2 rings (SSSR count). The molecule has 2 aromatic rings. The minimum Gasteiger partial charge on any atom is -0.497 e. The van der Waals surface area contributed by atoms with Crippen LogP contribution in [0.3, 0.4) is 0 Å². The normalized spacial score (nSPS) is 9.95. The van der Waals surface area contributed by atoms with Crippen LogP contribution in [0.1, 0.15) is 0 Å². The number of halogens is 2. The lowest BCUT2D eigenvalue weighted by molar-refractivity contribution is 0.415. The second kappa shape index (κ2) is 6.92. The Bertz CT molecular complexity index is 636. The lowest BCUT2D eigenvalue weighted by Gasteiger charge is -2.12. The number of ether oxygens (including phenoxy) is 1. The van der Waals surface area contributed by atoms with E-state index in [0.717, 1.165) is 21.6 Å². The molecule has 0 saturated heterocycles. The van der Waals surface area contributed by atoms with E-state index in [0.29, 0.717) is 10.1 Å². The van der Waals surface area contributed by atoms with E-state index in [-0.39, 0.29) is 0 Å². The Balaban J connectivity index is 2.03. The standard InChI is InChI=1S/C14H12BrClN2OS/c1-19-11-4-2-3-9(7-11)17-14(20)18-10-5-6-12(15)13(16)8-10/h2-8H,1H3,(H2,17,18,20). The predicted octanol–water partition coefficient (Wildman–Crippen LogP) is 4.92. The van der Waals surface area contributed by atoms with Crippen molar-refractivity contribution in [2.24, 2.45) is 0 Å². The van der Waals surface area contributed by atoms with Gasteiger partial charge in [0.25, 0.3) is 0 Å². The highest BCUT2D eigenvalue weighted by Crippen LogP contribution is 2.25. The summed E-state index contributed by atoms with van der Waals surface area (Å²) in [5, 5.41) is 7.26. The van der Waals surface area contributed by atoms with Crippen molar-refractivity contribution in [3.8, 4) is 5.75 Å². The third kappa shape index (κ3) is 4.10. The summed E-state index contributed by atoms with van der Waals surface area (Å²) in [6.45, 7) is 0. The topological polar surface area (TPSA) is 33.3 Å². The van der Waals surface area contributed by atoms with Gasteiger partial charge in [-0.1, -0.05) is 17.7 Å². The van der Waals surface area contributed by atoms with Gasteiger partial charge in [0.2, 0.25) is 0 Å². The second-order valence-electron chi connectivity index (χ2n) is 3.94. The van der Waals surface area contributed by atoms with Gasteiger partial charge in [0, 0.05) is 21.9 Å². The van der Waals surface area contributed by atoms with Crippen molar-refractivity contribution in [3.63, 3.8) is 0 Å². The third-order valence-electron chi connectivity index (χ3n) is 2.51. The molecule has 0 heterocycles. The number of hydrogen-bond donors (Lipinski definition) is 2. The highest BCUT2D eigenvalue weighted by molar-refractivity contribution is 9.10. The summed E-state index contributed by atoms with van der Waals surface area (Å²) < 4.78 is 6.00. The van der Waals surface area contributed by atoms with Gasteiger partial charge in [0.05, 0.1) is 12.1 Å². The molecular formula is C14H12BrClN2OS. The van der Waals surface area contributed by atoms with Crippen LogP contribution in [0.15, 0.2) is 46.9 Å². The summed E-state index contributed by atoms with van der Waals surface area (Å²) in [5.74, 6) is 0.768. The Labute approximate surface area is 136 Å². The number of anilines is 2. The molecule has 6 heteroatoms. The van der Waals surface area contributed by atoms with Crippen LogP contribution in [-0.2, 0) is 0 Å². The van der Waals surface area contributed by atoms with E-state index in [9.17, 15) is 0 Å². The molecule has 0 amide bonds. The molecule has 2 aromatic carbocycles. The zero-order valence-electron chi connectivity index (χ0n) is 10.6. The number of methoxy groups -OCH3 is 1. The number of rotatable bonds is 3. The van der Waals surface area contributed by atoms with Gasteiger partial charge in [-0.3, -0.25) is 0 Å². The second-order valence-corrected chi connectivity index (χ2v) is 5.61. The molecule has 20 heavy (non-hydrogen) atoms. The van der Waals surface area contributed by atoms with Gasteiger partial charge in [0.1, 0.15) is 5.75 Å². The first-order chi connectivity index (χ1) is 9.58. The SMILES string of the molecule is COc1cccc(NC(=S)Nc2ccc(Br)c(Cl)c2)c1. The molecule has 0 atom stereocenters. The third-order valence-corrected chi connectivity index (χ3v) is 3.94. The highest BCUT2D eigenvalue weighted by Gasteiger charge is 2.02. The van der Waals surface area contributed by atoms with E-state index < -0.39 is 0 Å². The minimum atomic E-state index is 0.483. The summed E-state index contributed by atoms with van der Waals surface area (Å²) in [4.78, 5) is 0. The van der Waals surface area contributed by atoms with E-state index >= 15 is 0 Å². The maximum Gasteiger partial charge on any atom is 0.175 e. The molecule has 0 aliphatic heterocycles. The van der Waals surface area contributed by atoms with E-state index in [2.05, 4.69) is 26.6 Å². The van der Waals surface area contributed by atoms with Crippen LogP contribution in [0.4, 0.5) is 11.4 Å². The van der Waals surface area contributed by atoms with Crippen molar-refractivity contribution in [1.82, 2.24) is 0 Å². The Morgan fingerprint density at radius 3 is 2.50 bits per heavy atom. The average molecular weight is 372 g/mol. The molecular weight excluding hydrogens is 360 g/mol. The maximum atomic E-state index is 6.03. The molecule has 0 spiro atoms. The zero-order chi connectivity index (χ0) is 14.5. The highest BCUT2D eigenvalue weighted by atomic mass is 79.9. The average Bonchev–Trinajstić information content (AvgIpc) is 2.43. The van der Waals surface area contributed by atoms with Crippen molar-refractivity contribution in [2.75, 3.05) is 17.7 Å². The van der Waals surface area contributed by atoms with Crippen LogP contribution in [0.5, 0.6) is 5.75 Å². The monoisotopic (exact) mass is 370 g/mol. The molecule has 104 valence electrons. The first kappa shape index (κ1) is 15.1. The molecule has 2 N–H and O–H groups in total. The van der Waals surface area contributed by atoms with Crippen LogP contribution in [0.2, 0.25) is 5.02 Å². The molecule has 0 saturated carbocycles. The van der Waals surface area contributed by atoms with Crippen LogP contribution in [-0.4, -0.2) is 12.2 Å². The van der Waals surface area contributed by atoms with Crippen molar-refractivity contribution in [2.45, 2.75) is 0 Å². The van der Waals surface area contributed by atoms with Gasteiger partial charge in [-0.2, -0.15) is 0 Å².